The third-order valence-corrected chi connectivity index (χ3v) is 5.68. The number of hydrogen-bond donors (Lipinski definition) is 1. The van der Waals surface area contributed by atoms with Crippen LogP contribution in [0.1, 0.15) is 36.0 Å². The molecule has 0 spiro atoms. The molecule has 5 heteroatoms. The molecule has 0 atom stereocenters. The molecular weight excluding hydrogens is 272 g/mol. The van der Waals surface area contributed by atoms with Gasteiger partial charge in [0.1, 0.15) is 0 Å². The van der Waals surface area contributed by atoms with Gasteiger partial charge in [-0.2, -0.15) is 11.8 Å². The van der Waals surface area contributed by atoms with Gasteiger partial charge in [-0.15, -0.1) is 0 Å². The van der Waals surface area contributed by atoms with Crippen LogP contribution in [0.25, 0.3) is 11.0 Å². The number of aromatic carboxylic acids is 1. The minimum Gasteiger partial charge on any atom is -0.478 e. The highest BCUT2D eigenvalue weighted by molar-refractivity contribution is 8.00. The van der Waals surface area contributed by atoms with Crippen LogP contribution < -0.4 is 0 Å². The summed E-state index contributed by atoms with van der Waals surface area (Å²) in [6.45, 7) is 0.955. The Kier molecular flexibility index (Phi) is 3.46. The Morgan fingerprint density at radius 3 is 2.85 bits per heavy atom. The van der Waals surface area contributed by atoms with Crippen molar-refractivity contribution in [3.8, 4) is 0 Å². The van der Waals surface area contributed by atoms with E-state index in [0.717, 1.165) is 17.6 Å². The van der Waals surface area contributed by atoms with Crippen LogP contribution >= 0.6 is 11.8 Å². The van der Waals surface area contributed by atoms with Crippen LogP contribution in [0.15, 0.2) is 24.5 Å². The number of fused-ring (bicyclic) bond motifs is 1. The molecule has 0 saturated heterocycles. The largest absolute Gasteiger partial charge is 0.478 e. The van der Waals surface area contributed by atoms with Crippen LogP contribution in [0.2, 0.25) is 0 Å². The monoisotopic (exact) mass is 290 g/mol. The number of nitrogens with zero attached hydrogens (tertiary/aromatic N) is 2. The zero-order valence-corrected chi connectivity index (χ0v) is 12.3. The van der Waals surface area contributed by atoms with Crippen molar-refractivity contribution >= 4 is 28.8 Å². The fraction of sp³-hybridized carbons (Fsp3) is 0.467. The van der Waals surface area contributed by atoms with Gasteiger partial charge >= 0.3 is 5.97 Å². The van der Waals surface area contributed by atoms with E-state index in [1.165, 1.54) is 25.7 Å². The predicted octanol–water partition coefficient (Wildman–Crippen LogP) is 3.41. The number of carbonyl (C=O) groups is 1. The van der Waals surface area contributed by atoms with Crippen LogP contribution in [-0.4, -0.2) is 31.6 Å². The van der Waals surface area contributed by atoms with Gasteiger partial charge in [-0.25, -0.2) is 9.78 Å². The van der Waals surface area contributed by atoms with Gasteiger partial charge in [-0.05, 0) is 37.3 Å². The average molecular weight is 290 g/mol. The summed E-state index contributed by atoms with van der Waals surface area (Å²) in [6, 6.07) is 5.17. The van der Waals surface area contributed by atoms with Crippen molar-refractivity contribution in [2.75, 3.05) is 6.26 Å². The molecule has 1 aliphatic carbocycles. The molecule has 1 aromatic heterocycles. The second kappa shape index (κ2) is 5.13. The number of hydrogen-bond acceptors (Lipinski definition) is 3. The van der Waals surface area contributed by atoms with Gasteiger partial charge in [-0.3, -0.25) is 0 Å². The van der Waals surface area contributed by atoms with Crippen molar-refractivity contribution in [1.29, 1.82) is 0 Å². The number of imidazole rings is 1. The van der Waals surface area contributed by atoms with Crippen molar-refractivity contribution < 1.29 is 9.90 Å². The van der Waals surface area contributed by atoms with Gasteiger partial charge in [0.25, 0.3) is 0 Å². The molecule has 0 unspecified atom stereocenters. The first-order valence-electron chi connectivity index (χ1n) is 6.87. The third kappa shape index (κ3) is 2.30. The van der Waals surface area contributed by atoms with E-state index in [1.54, 1.807) is 12.1 Å². The lowest BCUT2D eigenvalue weighted by atomic mass is 10.1. The number of benzene rings is 1. The van der Waals surface area contributed by atoms with Crippen LogP contribution in [0.5, 0.6) is 0 Å². The van der Waals surface area contributed by atoms with Gasteiger partial charge in [-0.1, -0.05) is 12.8 Å². The first-order chi connectivity index (χ1) is 9.63. The highest BCUT2D eigenvalue weighted by Gasteiger charge is 2.33. The molecule has 1 fully saturated rings. The molecule has 1 heterocycles. The Hall–Kier alpha value is -1.49. The van der Waals surface area contributed by atoms with Crippen LogP contribution in [0.3, 0.4) is 0 Å². The first-order valence-corrected chi connectivity index (χ1v) is 8.09. The van der Waals surface area contributed by atoms with E-state index in [9.17, 15) is 4.79 Å². The van der Waals surface area contributed by atoms with Crippen molar-refractivity contribution in [3.05, 3.63) is 30.1 Å². The molecule has 0 aliphatic heterocycles. The summed E-state index contributed by atoms with van der Waals surface area (Å²) in [5.41, 5.74) is 2.08. The second-order valence-electron chi connectivity index (χ2n) is 5.48. The van der Waals surface area contributed by atoms with Gasteiger partial charge in [0, 0.05) is 11.3 Å². The minimum atomic E-state index is -0.905. The maximum Gasteiger partial charge on any atom is 0.335 e. The summed E-state index contributed by atoms with van der Waals surface area (Å²) < 4.78 is 2.49. The number of carboxylic acid groups (broad SMARTS) is 1. The normalized spacial score (nSPS) is 17.6. The Morgan fingerprint density at radius 2 is 2.20 bits per heavy atom. The van der Waals surface area contributed by atoms with Crippen molar-refractivity contribution in [2.45, 2.75) is 37.0 Å². The number of aromatic nitrogens is 2. The number of carboxylic acids is 1. The predicted molar refractivity (Wildman–Crippen MR) is 81.4 cm³/mol. The molecule has 20 heavy (non-hydrogen) atoms. The van der Waals surface area contributed by atoms with Gasteiger partial charge in [0.2, 0.25) is 0 Å². The molecule has 1 saturated carbocycles. The summed E-state index contributed by atoms with van der Waals surface area (Å²) in [7, 11) is 0. The molecule has 0 amide bonds. The zero-order chi connectivity index (χ0) is 14.2. The summed E-state index contributed by atoms with van der Waals surface area (Å²) in [5.74, 6) is -0.905. The molecule has 106 valence electrons. The fourth-order valence-corrected chi connectivity index (χ4v) is 4.04. The van der Waals surface area contributed by atoms with Crippen molar-refractivity contribution in [1.82, 2.24) is 9.55 Å². The lowest BCUT2D eigenvalue weighted by molar-refractivity contribution is 0.0697. The molecule has 0 radical (unpaired) electrons. The van der Waals surface area contributed by atoms with Gasteiger partial charge in [0.05, 0.1) is 22.9 Å². The molecule has 2 aromatic rings. The van der Waals surface area contributed by atoms with Gasteiger partial charge in [0.15, 0.2) is 0 Å². The Morgan fingerprint density at radius 1 is 1.45 bits per heavy atom. The Bertz CT molecular complexity index is 644. The maximum absolute atomic E-state index is 11.0. The molecule has 1 aliphatic rings. The van der Waals surface area contributed by atoms with Crippen molar-refractivity contribution in [2.24, 2.45) is 0 Å². The molecule has 1 aromatic carbocycles. The SMILES string of the molecule is CSC1(Cn2cnc3cc(C(=O)O)ccc32)CCCC1. The Labute approximate surface area is 122 Å². The van der Waals surface area contributed by atoms with Crippen LogP contribution in [0.4, 0.5) is 0 Å². The maximum atomic E-state index is 11.0. The van der Waals surface area contributed by atoms with E-state index in [2.05, 4.69) is 15.8 Å². The lowest BCUT2D eigenvalue weighted by Gasteiger charge is -2.27. The van der Waals surface area contributed by atoms with E-state index in [4.69, 9.17) is 5.11 Å². The first kappa shape index (κ1) is 13.5. The van der Waals surface area contributed by atoms with E-state index in [1.807, 2.05) is 24.2 Å². The van der Waals surface area contributed by atoms with E-state index < -0.39 is 5.97 Å². The Balaban J connectivity index is 1.94. The smallest absolute Gasteiger partial charge is 0.335 e. The molecule has 0 bridgehead atoms. The van der Waals surface area contributed by atoms with Crippen LogP contribution in [-0.2, 0) is 6.54 Å². The van der Waals surface area contributed by atoms with Crippen molar-refractivity contribution in [3.63, 3.8) is 0 Å². The zero-order valence-electron chi connectivity index (χ0n) is 11.5. The minimum absolute atomic E-state index is 0.295. The van der Waals surface area contributed by atoms with E-state index >= 15 is 0 Å². The average Bonchev–Trinajstić information content (AvgIpc) is 3.07. The lowest BCUT2D eigenvalue weighted by Crippen LogP contribution is -2.26. The second-order valence-corrected chi connectivity index (χ2v) is 6.75. The van der Waals surface area contributed by atoms with E-state index in [0.29, 0.717) is 10.3 Å². The van der Waals surface area contributed by atoms with Crippen LogP contribution in [0, 0.1) is 0 Å². The molecular formula is C15H18N2O2S. The number of thioether (sulfide) groups is 1. The molecule has 1 N–H and O–H groups in total. The quantitative estimate of drug-likeness (QED) is 0.937. The summed E-state index contributed by atoms with van der Waals surface area (Å²) in [6.07, 6.45) is 9.13. The fourth-order valence-electron chi connectivity index (χ4n) is 3.08. The summed E-state index contributed by atoms with van der Waals surface area (Å²) in [4.78, 5) is 15.3. The van der Waals surface area contributed by atoms with Gasteiger partial charge < -0.3 is 9.67 Å². The standard InChI is InChI=1S/C15H18N2O2S/c1-20-15(6-2-3-7-15)9-17-10-16-12-8-11(14(18)19)4-5-13(12)17/h4-5,8,10H,2-3,6-7,9H2,1H3,(H,18,19). The third-order valence-electron chi connectivity index (χ3n) is 4.27. The van der Waals surface area contributed by atoms with E-state index in [-0.39, 0.29) is 0 Å². The highest BCUT2D eigenvalue weighted by Crippen LogP contribution is 2.41. The molecule has 3 rings (SSSR count). The summed E-state index contributed by atoms with van der Waals surface area (Å²) >= 11 is 1.95. The topological polar surface area (TPSA) is 55.1 Å². The highest BCUT2D eigenvalue weighted by atomic mass is 32.2. The number of rotatable bonds is 4. The summed E-state index contributed by atoms with van der Waals surface area (Å²) in [5, 5.41) is 9.02. The molecule has 4 nitrogen and oxygen atoms in total.